The van der Waals surface area contributed by atoms with Crippen molar-refractivity contribution >= 4 is 5.91 Å². The van der Waals surface area contributed by atoms with Crippen LogP contribution in [0.3, 0.4) is 0 Å². The Balaban J connectivity index is 0.00000162. The Morgan fingerprint density at radius 3 is 2.17 bits per heavy atom. The zero-order chi connectivity index (χ0) is 12.3. The Kier molecular flexibility index (Phi) is 7.87. The van der Waals surface area contributed by atoms with Crippen LogP contribution >= 0.6 is 0 Å². The molecular formula is C12H23KN4O. The van der Waals surface area contributed by atoms with Crippen molar-refractivity contribution in [3.63, 3.8) is 0 Å². The molecule has 0 saturated carbocycles. The Labute approximate surface area is 152 Å². The zero-order valence-electron chi connectivity index (χ0n) is 11.7. The number of carbonyl (C=O) groups excluding carboxylic acids is 1. The molecule has 1 N–H and O–H groups in total. The summed E-state index contributed by atoms with van der Waals surface area (Å²) in [5.74, 6) is -0.456. The van der Waals surface area contributed by atoms with Gasteiger partial charge in [0.1, 0.15) is 0 Å². The van der Waals surface area contributed by atoms with E-state index in [4.69, 9.17) is 5.73 Å². The van der Waals surface area contributed by atoms with E-state index in [1.165, 1.54) is 26.2 Å². The second-order valence-corrected chi connectivity index (χ2v) is 5.27. The Bertz CT molecular complexity index is 261. The molecule has 5 nitrogen and oxygen atoms in total. The first-order chi connectivity index (χ1) is 8.15. The number of likely N-dealkylation sites (tertiary alicyclic amines) is 1. The van der Waals surface area contributed by atoms with Crippen molar-refractivity contribution in [2.75, 3.05) is 52.9 Å². The molecular weight excluding hydrogens is 255 g/mol. The molecule has 2 saturated heterocycles. The number of amides is 1. The van der Waals surface area contributed by atoms with Gasteiger partial charge < -0.3 is 15.4 Å². The van der Waals surface area contributed by atoms with Gasteiger partial charge in [0.15, 0.2) is 0 Å². The predicted molar refractivity (Wildman–Crippen MR) is 67.9 cm³/mol. The number of nitrogens with one attached hydrogen (secondary N) is 1. The van der Waals surface area contributed by atoms with Gasteiger partial charge in [0, 0.05) is 51.9 Å². The summed E-state index contributed by atoms with van der Waals surface area (Å²) in [6.07, 6.45) is 2.30. The summed E-state index contributed by atoms with van der Waals surface area (Å²) in [4.78, 5) is 17.8. The van der Waals surface area contributed by atoms with Gasteiger partial charge in [-0.15, -0.1) is 0 Å². The quantitative estimate of drug-likeness (QED) is 0.527. The van der Waals surface area contributed by atoms with Crippen LogP contribution in [0, 0.1) is 0 Å². The third-order valence-electron chi connectivity index (χ3n) is 3.98. The maximum atomic E-state index is 10.7. The van der Waals surface area contributed by atoms with Crippen molar-refractivity contribution in [1.82, 2.24) is 14.7 Å². The van der Waals surface area contributed by atoms with Crippen molar-refractivity contribution in [1.29, 1.82) is 0 Å². The molecule has 0 spiro atoms. The van der Waals surface area contributed by atoms with E-state index in [0.29, 0.717) is 12.6 Å². The number of nitrogens with zero attached hydrogens (tertiary/aromatic N) is 3. The Morgan fingerprint density at radius 1 is 1.11 bits per heavy atom. The number of carbonyl (C=O) groups is 1. The molecule has 0 aromatic rings. The van der Waals surface area contributed by atoms with Crippen LogP contribution in [-0.2, 0) is 4.79 Å². The third kappa shape index (κ3) is 5.17. The molecule has 0 atom stereocenters. The fraction of sp³-hybridized carbons (Fsp3) is 0.917. The average Bonchev–Trinajstić information content (AvgIpc) is 2.30. The second kappa shape index (κ2) is 8.31. The van der Waals surface area contributed by atoms with E-state index in [1.54, 1.807) is 0 Å². The van der Waals surface area contributed by atoms with Crippen LogP contribution in [0.1, 0.15) is 12.8 Å². The van der Waals surface area contributed by atoms with Crippen LogP contribution in [0.5, 0.6) is 0 Å². The predicted octanol–water partition coefficient (Wildman–Crippen LogP) is -2.72. The molecule has 2 heterocycles. The summed E-state index contributed by atoms with van der Waals surface area (Å²) in [5.41, 5.74) is 6.99. The summed E-state index contributed by atoms with van der Waals surface area (Å²) >= 11 is 0. The smallest absolute Gasteiger partial charge is 0.667 e. The first-order valence-corrected chi connectivity index (χ1v) is 6.54. The van der Waals surface area contributed by atoms with E-state index in [2.05, 4.69) is 21.7 Å². The van der Waals surface area contributed by atoms with Crippen LogP contribution in [0.15, 0.2) is 0 Å². The van der Waals surface area contributed by atoms with Gasteiger partial charge >= 0.3 is 51.4 Å². The van der Waals surface area contributed by atoms with Crippen molar-refractivity contribution in [3.8, 4) is 0 Å². The minimum Gasteiger partial charge on any atom is -0.667 e. The first kappa shape index (κ1) is 17.0. The van der Waals surface area contributed by atoms with E-state index in [1.807, 2.05) is 0 Å². The van der Waals surface area contributed by atoms with Crippen molar-refractivity contribution in [2.24, 2.45) is 0 Å². The number of piperidine rings is 1. The second-order valence-electron chi connectivity index (χ2n) is 5.27. The topological polar surface area (TPSA) is 50.6 Å². The SMILES string of the molecule is CN1CCN(C2CCN(CC([NH-])=O)CC2)CC1.[K+]. The van der Waals surface area contributed by atoms with E-state index in [0.717, 1.165) is 25.9 Å². The summed E-state index contributed by atoms with van der Waals surface area (Å²) in [6, 6.07) is 0.695. The van der Waals surface area contributed by atoms with E-state index in [9.17, 15) is 4.79 Å². The maximum absolute atomic E-state index is 10.7. The molecule has 18 heavy (non-hydrogen) atoms. The Morgan fingerprint density at radius 2 is 1.67 bits per heavy atom. The number of piperazine rings is 1. The molecule has 0 aliphatic carbocycles. The van der Waals surface area contributed by atoms with Crippen LogP contribution in [0.2, 0.25) is 0 Å². The van der Waals surface area contributed by atoms with Gasteiger partial charge in [-0.3, -0.25) is 9.80 Å². The minimum atomic E-state index is -0.456. The Hall–Kier alpha value is 0.986. The molecule has 2 rings (SSSR count). The van der Waals surface area contributed by atoms with Gasteiger partial charge in [-0.2, -0.15) is 0 Å². The molecule has 0 bridgehead atoms. The summed E-state index contributed by atoms with van der Waals surface area (Å²) in [6.45, 7) is 6.96. The molecule has 0 aromatic carbocycles. The van der Waals surface area contributed by atoms with Crippen molar-refractivity contribution in [3.05, 3.63) is 5.73 Å². The van der Waals surface area contributed by atoms with Gasteiger partial charge in [-0.05, 0) is 19.9 Å². The van der Waals surface area contributed by atoms with Gasteiger partial charge in [-0.25, -0.2) is 0 Å². The van der Waals surface area contributed by atoms with Crippen LogP contribution in [0.25, 0.3) is 5.73 Å². The third-order valence-corrected chi connectivity index (χ3v) is 3.98. The van der Waals surface area contributed by atoms with E-state index < -0.39 is 5.91 Å². The molecule has 1 amide bonds. The zero-order valence-corrected chi connectivity index (χ0v) is 14.8. The summed E-state index contributed by atoms with van der Waals surface area (Å²) in [7, 11) is 2.18. The van der Waals surface area contributed by atoms with Gasteiger partial charge in [0.25, 0.3) is 0 Å². The largest absolute Gasteiger partial charge is 1.00 e. The number of hydrogen-bond acceptors (Lipinski definition) is 4. The van der Waals surface area contributed by atoms with Gasteiger partial charge in [-0.1, -0.05) is 0 Å². The molecule has 6 heteroatoms. The molecule has 2 aliphatic heterocycles. The van der Waals surface area contributed by atoms with Crippen LogP contribution < -0.4 is 51.4 Å². The molecule has 0 radical (unpaired) electrons. The molecule has 0 aromatic heterocycles. The fourth-order valence-electron chi connectivity index (χ4n) is 2.83. The molecule has 2 aliphatic rings. The fourth-order valence-corrected chi connectivity index (χ4v) is 2.83. The minimum absolute atomic E-state index is 0. The monoisotopic (exact) mass is 278 g/mol. The van der Waals surface area contributed by atoms with Crippen LogP contribution in [-0.4, -0.2) is 79.5 Å². The normalized spacial score (nSPS) is 24.7. The number of likely N-dealkylation sites (N-methyl/N-ethyl adjacent to an activating group) is 1. The molecule has 2 fully saturated rings. The van der Waals surface area contributed by atoms with Crippen LogP contribution in [0.4, 0.5) is 0 Å². The van der Waals surface area contributed by atoms with E-state index >= 15 is 0 Å². The van der Waals surface area contributed by atoms with Crippen molar-refractivity contribution in [2.45, 2.75) is 18.9 Å². The maximum Gasteiger partial charge on any atom is 1.00 e. The molecule has 0 unspecified atom stereocenters. The van der Waals surface area contributed by atoms with Gasteiger partial charge in [0.05, 0.1) is 5.91 Å². The average molecular weight is 278 g/mol. The van der Waals surface area contributed by atoms with E-state index in [-0.39, 0.29) is 51.4 Å². The van der Waals surface area contributed by atoms with Crippen molar-refractivity contribution < 1.29 is 56.2 Å². The standard InChI is InChI=1S/C12H24N4O.K/c1-14-6-8-16(9-7-14)11-2-4-15(5-3-11)10-12(13)17;/h11H,2-10H2,1H3,(H2,13,17);/q;+1/p-1. The summed E-state index contributed by atoms with van der Waals surface area (Å²) in [5, 5.41) is 0. The first-order valence-electron chi connectivity index (χ1n) is 6.54. The molecule has 98 valence electrons. The summed E-state index contributed by atoms with van der Waals surface area (Å²) < 4.78 is 0. The number of rotatable bonds is 3. The number of hydrogen-bond donors (Lipinski definition) is 0. The van der Waals surface area contributed by atoms with Gasteiger partial charge in [0.2, 0.25) is 0 Å².